The summed E-state index contributed by atoms with van der Waals surface area (Å²) in [6, 6.07) is 1.51. The highest BCUT2D eigenvalue weighted by Crippen LogP contribution is 1.95. The molecule has 1 heterocycles. The van der Waals surface area contributed by atoms with Crippen LogP contribution in [0.25, 0.3) is 0 Å². The molecule has 0 aliphatic rings. The van der Waals surface area contributed by atoms with Gasteiger partial charge in [-0.2, -0.15) is 0 Å². The number of nitrogens with one attached hydrogen (secondary N) is 2. The fourth-order valence-corrected chi connectivity index (χ4v) is 1.27. The van der Waals surface area contributed by atoms with E-state index in [2.05, 4.69) is 15.6 Å². The summed E-state index contributed by atoms with van der Waals surface area (Å²) < 4.78 is 0. The number of aliphatic hydroxyl groups excluding tert-OH is 1. The third kappa shape index (κ3) is 4.38. The van der Waals surface area contributed by atoms with E-state index in [-0.39, 0.29) is 6.54 Å². The first kappa shape index (κ1) is 13.9. The molecule has 0 fully saturated rings. The number of nitrogens with zero attached hydrogens (tertiary/aromatic N) is 1. The van der Waals surface area contributed by atoms with Crippen LogP contribution in [-0.4, -0.2) is 39.3 Å². The van der Waals surface area contributed by atoms with E-state index < -0.39 is 24.1 Å². The summed E-state index contributed by atoms with van der Waals surface area (Å²) in [5.41, 5.74) is 0.788. The maximum absolute atomic E-state index is 11.4. The smallest absolute Gasteiger partial charge is 0.328 e. The second-order valence-corrected chi connectivity index (χ2v) is 3.74. The molecule has 4 N–H and O–H groups in total. The number of hydrogen-bond acceptors (Lipinski definition) is 4. The SMILES string of the molecule is CC(O)C(NC(=O)NCc1cccnc1)C(=O)O. The van der Waals surface area contributed by atoms with Crippen LogP contribution >= 0.6 is 0 Å². The van der Waals surface area contributed by atoms with Crippen LogP contribution in [0.5, 0.6) is 0 Å². The largest absolute Gasteiger partial charge is 0.480 e. The van der Waals surface area contributed by atoms with Gasteiger partial charge in [-0.15, -0.1) is 0 Å². The molecule has 2 amide bonds. The Kier molecular flexibility index (Phi) is 5.06. The van der Waals surface area contributed by atoms with Crippen LogP contribution in [0.15, 0.2) is 24.5 Å². The van der Waals surface area contributed by atoms with Gasteiger partial charge < -0.3 is 20.8 Å². The van der Waals surface area contributed by atoms with Crippen molar-refractivity contribution >= 4 is 12.0 Å². The number of carbonyl (C=O) groups is 2. The van der Waals surface area contributed by atoms with E-state index in [4.69, 9.17) is 5.11 Å². The normalized spacial score (nSPS) is 13.4. The Hall–Kier alpha value is -2.15. The number of carboxylic acid groups (broad SMARTS) is 1. The Bertz CT molecular complexity index is 408. The van der Waals surface area contributed by atoms with Crippen LogP contribution in [0.1, 0.15) is 12.5 Å². The van der Waals surface area contributed by atoms with Crippen LogP contribution in [0, 0.1) is 0 Å². The predicted molar refractivity (Wildman–Crippen MR) is 62.7 cm³/mol. The van der Waals surface area contributed by atoms with Crippen molar-refractivity contribution in [3.8, 4) is 0 Å². The van der Waals surface area contributed by atoms with Crippen molar-refractivity contribution in [1.82, 2.24) is 15.6 Å². The van der Waals surface area contributed by atoms with Gasteiger partial charge in [-0.05, 0) is 18.6 Å². The molecule has 98 valence electrons. The van der Waals surface area contributed by atoms with E-state index in [0.717, 1.165) is 5.56 Å². The van der Waals surface area contributed by atoms with Gasteiger partial charge in [0.25, 0.3) is 0 Å². The number of aliphatic carboxylic acids is 1. The number of urea groups is 1. The van der Waals surface area contributed by atoms with Crippen molar-refractivity contribution in [3.05, 3.63) is 30.1 Å². The molecule has 2 unspecified atom stereocenters. The van der Waals surface area contributed by atoms with Crippen LogP contribution in [0.4, 0.5) is 4.79 Å². The Morgan fingerprint density at radius 2 is 2.22 bits per heavy atom. The minimum atomic E-state index is -1.33. The first-order chi connectivity index (χ1) is 8.50. The van der Waals surface area contributed by atoms with Crippen molar-refractivity contribution in [2.24, 2.45) is 0 Å². The number of carboxylic acids is 1. The van der Waals surface area contributed by atoms with E-state index >= 15 is 0 Å². The molecule has 0 saturated carbocycles. The van der Waals surface area contributed by atoms with Gasteiger partial charge in [-0.25, -0.2) is 9.59 Å². The maximum atomic E-state index is 11.4. The summed E-state index contributed by atoms with van der Waals surface area (Å²) in [5.74, 6) is -1.29. The molecule has 0 aromatic carbocycles. The van der Waals surface area contributed by atoms with Crippen LogP contribution in [0.2, 0.25) is 0 Å². The zero-order valence-corrected chi connectivity index (χ0v) is 9.83. The molecule has 18 heavy (non-hydrogen) atoms. The number of rotatable bonds is 5. The lowest BCUT2D eigenvalue weighted by Crippen LogP contribution is -2.50. The third-order valence-electron chi connectivity index (χ3n) is 2.21. The zero-order chi connectivity index (χ0) is 13.5. The monoisotopic (exact) mass is 253 g/mol. The summed E-state index contributed by atoms with van der Waals surface area (Å²) in [5, 5.41) is 22.6. The maximum Gasteiger partial charge on any atom is 0.328 e. The number of pyridine rings is 1. The summed E-state index contributed by atoms with van der Waals surface area (Å²) >= 11 is 0. The molecule has 0 radical (unpaired) electrons. The predicted octanol–water partition coefficient (Wildman–Crippen LogP) is -0.285. The number of hydrogen-bond donors (Lipinski definition) is 4. The van der Waals surface area contributed by atoms with Crippen molar-refractivity contribution in [3.63, 3.8) is 0 Å². The third-order valence-corrected chi connectivity index (χ3v) is 2.21. The molecule has 1 aromatic heterocycles. The Balaban J connectivity index is 2.44. The van der Waals surface area contributed by atoms with Gasteiger partial charge in [-0.1, -0.05) is 6.07 Å². The van der Waals surface area contributed by atoms with Crippen LogP contribution in [0.3, 0.4) is 0 Å². The molecule has 2 atom stereocenters. The Morgan fingerprint density at radius 3 is 2.72 bits per heavy atom. The quantitative estimate of drug-likeness (QED) is 0.576. The molecule has 1 aromatic rings. The minimum Gasteiger partial charge on any atom is -0.480 e. The second kappa shape index (κ2) is 6.55. The number of amides is 2. The highest BCUT2D eigenvalue weighted by molar-refractivity contribution is 5.82. The highest BCUT2D eigenvalue weighted by Gasteiger charge is 2.24. The van der Waals surface area contributed by atoms with Gasteiger partial charge in [0.15, 0.2) is 6.04 Å². The van der Waals surface area contributed by atoms with Gasteiger partial charge in [0.05, 0.1) is 6.10 Å². The molecule has 0 aliphatic carbocycles. The first-order valence-corrected chi connectivity index (χ1v) is 5.35. The summed E-state index contributed by atoms with van der Waals surface area (Å²) in [7, 11) is 0. The molecule has 0 bridgehead atoms. The van der Waals surface area contributed by atoms with E-state index in [1.807, 2.05) is 0 Å². The number of carbonyl (C=O) groups excluding carboxylic acids is 1. The lowest BCUT2D eigenvalue weighted by molar-refractivity contribution is -0.141. The number of aliphatic hydroxyl groups is 1. The fraction of sp³-hybridized carbons (Fsp3) is 0.364. The molecule has 7 heteroatoms. The van der Waals surface area contributed by atoms with E-state index in [1.54, 1.807) is 24.5 Å². The Morgan fingerprint density at radius 1 is 1.50 bits per heavy atom. The number of aromatic nitrogens is 1. The molecule has 0 saturated heterocycles. The molecule has 0 spiro atoms. The van der Waals surface area contributed by atoms with Crippen LogP contribution < -0.4 is 10.6 Å². The highest BCUT2D eigenvalue weighted by atomic mass is 16.4. The van der Waals surface area contributed by atoms with Gasteiger partial charge in [0, 0.05) is 18.9 Å². The van der Waals surface area contributed by atoms with Gasteiger partial charge >= 0.3 is 12.0 Å². The average molecular weight is 253 g/mol. The van der Waals surface area contributed by atoms with Gasteiger partial charge in [0.1, 0.15) is 0 Å². The zero-order valence-electron chi connectivity index (χ0n) is 9.83. The topological polar surface area (TPSA) is 112 Å². The lowest BCUT2D eigenvalue weighted by Gasteiger charge is -2.17. The van der Waals surface area contributed by atoms with E-state index in [9.17, 15) is 14.7 Å². The summed E-state index contributed by atoms with van der Waals surface area (Å²) in [6.45, 7) is 1.52. The van der Waals surface area contributed by atoms with Crippen molar-refractivity contribution in [1.29, 1.82) is 0 Å². The summed E-state index contributed by atoms with van der Waals surface area (Å²) in [4.78, 5) is 26.0. The molecule has 1 rings (SSSR count). The van der Waals surface area contributed by atoms with Crippen LogP contribution in [-0.2, 0) is 11.3 Å². The first-order valence-electron chi connectivity index (χ1n) is 5.35. The molecular formula is C11H15N3O4. The average Bonchev–Trinajstić information content (AvgIpc) is 2.34. The van der Waals surface area contributed by atoms with E-state index in [0.29, 0.717) is 0 Å². The van der Waals surface area contributed by atoms with Crippen molar-refractivity contribution in [2.45, 2.75) is 25.6 Å². The van der Waals surface area contributed by atoms with Crippen molar-refractivity contribution < 1.29 is 19.8 Å². The minimum absolute atomic E-state index is 0.228. The second-order valence-electron chi connectivity index (χ2n) is 3.74. The Labute approximate surface area is 104 Å². The van der Waals surface area contributed by atoms with Gasteiger partial charge in [-0.3, -0.25) is 4.98 Å². The van der Waals surface area contributed by atoms with Gasteiger partial charge in [0.2, 0.25) is 0 Å². The fourth-order valence-electron chi connectivity index (χ4n) is 1.27. The lowest BCUT2D eigenvalue weighted by atomic mass is 10.2. The summed E-state index contributed by atoms with van der Waals surface area (Å²) in [6.07, 6.45) is 2.02. The molecule has 0 aliphatic heterocycles. The molecule has 7 nitrogen and oxygen atoms in total. The molecular weight excluding hydrogens is 238 g/mol. The van der Waals surface area contributed by atoms with E-state index in [1.165, 1.54) is 6.92 Å². The van der Waals surface area contributed by atoms with Crippen molar-refractivity contribution in [2.75, 3.05) is 0 Å². The standard InChI is InChI=1S/C11H15N3O4/c1-7(15)9(10(16)17)14-11(18)13-6-8-3-2-4-12-5-8/h2-5,7,9,15H,6H2,1H3,(H,16,17)(H2,13,14,18).